The summed E-state index contributed by atoms with van der Waals surface area (Å²) in [6, 6.07) is 0. The van der Waals surface area contributed by atoms with E-state index in [1.807, 2.05) is 0 Å². The van der Waals surface area contributed by atoms with Crippen molar-refractivity contribution in [2.75, 3.05) is 27.6 Å². The van der Waals surface area contributed by atoms with Gasteiger partial charge in [0, 0.05) is 18.8 Å². The van der Waals surface area contributed by atoms with Crippen molar-refractivity contribution < 1.29 is 28.0 Å². The summed E-state index contributed by atoms with van der Waals surface area (Å²) in [5.41, 5.74) is 0. The van der Waals surface area contributed by atoms with E-state index in [1.165, 1.54) is 33.4 Å². The molecule has 5 heteroatoms. The number of quaternary nitrogens is 1. The largest absolute Gasteiger partial charge is 0.550 e. The van der Waals surface area contributed by atoms with Crippen molar-refractivity contribution in [3.8, 4) is 0 Å². The molecule has 0 aromatic carbocycles. The summed E-state index contributed by atoms with van der Waals surface area (Å²) in [6.07, 6.45) is 6.19. The number of hydrogen-bond acceptors (Lipinski definition) is 4. The topological polar surface area (TPSA) is 66.4 Å². The van der Waals surface area contributed by atoms with E-state index in [9.17, 15) is 14.7 Å². The number of aliphatic carboxylic acids is 1. The molecule has 130 valence electrons. The summed E-state index contributed by atoms with van der Waals surface area (Å²) < 4.78 is 27.3. The van der Waals surface area contributed by atoms with Crippen molar-refractivity contribution in [1.29, 1.82) is 0 Å². The van der Waals surface area contributed by atoms with Crippen LogP contribution in [0.2, 0.25) is 0 Å². The highest BCUT2D eigenvalue weighted by Crippen LogP contribution is 2.11. The predicted molar refractivity (Wildman–Crippen MR) is 85.0 cm³/mol. The molecule has 0 saturated heterocycles. The molecule has 0 unspecified atom stereocenters. The molecule has 0 rings (SSSR count). The Labute approximate surface area is 139 Å². The van der Waals surface area contributed by atoms with Crippen molar-refractivity contribution in [2.45, 2.75) is 70.8 Å². The third-order valence-electron chi connectivity index (χ3n) is 3.34. The number of carbonyl (C=O) groups is 2. The highest BCUT2D eigenvalue weighted by atomic mass is 16.5. The van der Waals surface area contributed by atoms with Gasteiger partial charge in [0.2, 0.25) is 0 Å². The molecule has 0 N–H and O–H groups in total. The van der Waals surface area contributed by atoms with Crippen LogP contribution in [0, 0.1) is 0 Å². The molecule has 0 aromatic rings. The summed E-state index contributed by atoms with van der Waals surface area (Å²) in [6.45, 7) is -0.270. The fourth-order valence-electron chi connectivity index (χ4n) is 2.31. The van der Waals surface area contributed by atoms with Crippen molar-refractivity contribution in [1.82, 2.24) is 0 Å². The van der Waals surface area contributed by atoms with Crippen LogP contribution in [0.15, 0.2) is 0 Å². The van der Waals surface area contributed by atoms with Crippen molar-refractivity contribution in [3.05, 3.63) is 0 Å². The number of likely N-dealkylation sites (N-methyl/N-ethyl adjacent to an activating group) is 1. The van der Waals surface area contributed by atoms with E-state index in [1.54, 1.807) is 0 Å². The standard InChI is InChI=1S/C17H33NO4/c1-5-6-7-8-9-10-11-12-17(21)22-15(13-16(19)20)14-18(2,3)4/h15H,5-14H2,1-4H3/t15-/m1/s1/i2D3. The van der Waals surface area contributed by atoms with Gasteiger partial charge in [-0.25, -0.2) is 0 Å². The van der Waals surface area contributed by atoms with Gasteiger partial charge in [-0.1, -0.05) is 45.4 Å². The first-order valence-electron chi connectivity index (χ1n) is 9.72. The van der Waals surface area contributed by atoms with E-state index in [4.69, 9.17) is 8.85 Å². The number of nitrogens with zero attached hydrogens (tertiary/aromatic N) is 1. The van der Waals surface area contributed by atoms with Crippen LogP contribution in [0.1, 0.15) is 68.8 Å². The monoisotopic (exact) mass is 318 g/mol. The molecule has 0 saturated carbocycles. The number of carboxylic acid groups (broad SMARTS) is 1. The van der Waals surface area contributed by atoms with E-state index in [2.05, 4.69) is 6.92 Å². The first-order chi connectivity index (χ1) is 11.5. The van der Waals surface area contributed by atoms with Crippen LogP contribution in [-0.4, -0.2) is 50.1 Å². The van der Waals surface area contributed by atoms with E-state index in [0.717, 1.165) is 19.3 Å². The number of carboxylic acids is 1. The van der Waals surface area contributed by atoms with Crippen LogP contribution in [0.4, 0.5) is 0 Å². The predicted octanol–water partition coefficient (Wildman–Crippen LogP) is 1.89. The molecule has 0 aliphatic heterocycles. The molecule has 5 nitrogen and oxygen atoms in total. The Morgan fingerprint density at radius 2 is 1.73 bits per heavy atom. The maximum Gasteiger partial charge on any atom is 0.306 e. The van der Waals surface area contributed by atoms with E-state index in [0.29, 0.717) is 6.42 Å². The molecular formula is C17H33NO4. The molecule has 22 heavy (non-hydrogen) atoms. The minimum absolute atomic E-state index is 0.104. The Morgan fingerprint density at radius 3 is 2.27 bits per heavy atom. The maximum absolute atomic E-state index is 11.9. The minimum atomic E-state index is -2.32. The molecule has 0 radical (unpaired) electrons. The zero-order chi connectivity index (χ0) is 19.5. The average Bonchev–Trinajstić information content (AvgIpc) is 2.43. The van der Waals surface area contributed by atoms with Gasteiger partial charge < -0.3 is 19.1 Å². The van der Waals surface area contributed by atoms with Crippen molar-refractivity contribution in [3.63, 3.8) is 0 Å². The van der Waals surface area contributed by atoms with Gasteiger partial charge in [0.25, 0.3) is 0 Å². The van der Waals surface area contributed by atoms with E-state index >= 15 is 0 Å². The Kier molecular flexibility index (Phi) is 8.23. The number of hydrogen-bond donors (Lipinski definition) is 0. The van der Waals surface area contributed by atoms with Gasteiger partial charge in [0.05, 0.1) is 25.2 Å². The third kappa shape index (κ3) is 13.9. The quantitative estimate of drug-likeness (QED) is 0.295. The number of carbonyl (C=O) groups excluding carboxylic acids is 2. The second-order valence-corrected chi connectivity index (χ2v) is 6.43. The molecule has 0 fully saturated rings. The van der Waals surface area contributed by atoms with Crippen molar-refractivity contribution in [2.24, 2.45) is 0 Å². The molecular weight excluding hydrogens is 282 g/mol. The van der Waals surface area contributed by atoms with Gasteiger partial charge >= 0.3 is 5.97 Å². The first kappa shape index (κ1) is 15.8. The van der Waals surface area contributed by atoms with Crippen molar-refractivity contribution >= 4 is 11.9 Å². The number of esters is 1. The molecule has 0 aromatic heterocycles. The van der Waals surface area contributed by atoms with Gasteiger partial charge in [-0.15, -0.1) is 0 Å². The van der Waals surface area contributed by atoms with Gasteiger partial charge in [0.15, 0.2) is 6.10 Å². The fraction of sp³-hybridized carbons (Fsp3) is 0.882. The Hall–Kier alpha value is -1.10. The molecule has 0 spiro atoms. The number of unbranched alkanes of at least 4 members (excludes halogenated alkanes) is 6. The first-order valence-corrected chi connectivity index (χ1v) is 8.22. The van der Waals surface area contributed by atoms with Crippen LogP contribution in [0.25, 0.3) is 0 Å². The minimum Gasteiger partial charge on any atom is -0.550 e. The second-order valence-electron chi connectivity index (χ2n) is 6.43. The molecule has 0 amide bonds. The van der Waals surface area contributed by atoms with E-state index < -0.39 is 35.9 Å². The SMILES string of the molecule is [2H]C([2H])([2H])[N+](C)(C)C[C@@H](CC(=O)[O-])OC(=O)CCCCCCCCC. The average molecular weight is 318 g/mol. The van der Waals surface area contributed by atoms with Gasteiger partial charge in [-0.3, -0.25) is 4.79 Å². The van der Waals surface area contributed by atoms with Crippen LogP contribution in [0.5, 0.6) is 0 Å². The summed E-state index contributed by atoms with van der Waals surface area (Å²) in [5.74, 6) is -1.84. The molecule has 0 aliphatic carbocycles. The Morgan fingerprint density at radius 1 is 1.14 bits per heavy atom. The summed E-state index contributed by atoms with van der Waals surface area (Å²) in [4.78, 5) is 22.8. The van der Waals surface area contributed by atoms with Crippen LogP contribution >= 0.6 is 0 Å². The van der Waals surface area contributed by atoms with Gasteiger partial charge in [-0.2, -0.15) is 0 Å². The Bertz CT molecular complexity index is 411. The van der Waals surface area contributed by atoms with Gasteiger partial charge in [-0.05, 0) is 6.42 Å². The molecule has 0 heterocycles. The maximum atomic E-state index is 11.9. The third-order valence-corrected chi connectivity index (χ3v) is 3.34. The highest BCUT2D eigenvalue weighted by molar-refractivity contribution is 5.70. The summed E-state index contributed by atoms with van der Waals surface area (Å²) >= 11 is 0. The lowest BCUT2D eigenvalue weighted by Gasteiger charge is -2.29. The van der Waals surface area contributed by atoms with Crippen LogP contribution < -0.4 is 5.11 Å². The smallest absolute Gasteiger partial charge is 0.306 e. The lowest BCUT2D eigenvalue weighted by molar-refractivity contribution is -0.873. The van der Waals surface area contributed by atoms with Crippen LogP contribution in [0.3, 0.4) is 0 Å². The lowest BCUT2D eigenvalue weighted by atomic mass is 10.1. The second kappa shape index (κ2) is 11.5. The van der Waals surface area contributed by atoms with Crippen LogP contribution in [-0.2, 0) is 14.3 Å². The summed E-state index contributed by atoms with van der Waals surface area (Å²) in [7, 11) is 2.92. The Balaban J connectivity index is 4.33. The van der Waals surface area contributed by atoms with E-state index in [-0.39, 0.29) is 13.0 Å². The summed E-state index contributed by atoms with van der Waals surface area (Å²) in [5, 5.41) is 10.9. The van der Waals surface area contributed by atoms with Gasteiger partial charge in [0.1, 0.15) is 6.54 Å². The molecule has 1 atom stereocenters. The molecule has 0 bridgehead atoms. The normalized spacial score (nSPS) is 15.5. The zero-order valence-electron chi connectivity index (χ0n) is 17.2. The number of ether oxygens (including phenoxy) is 1. The highest BCUT2D eigenvalue weighted by Gasteiger charge is 2.22. The fourth-order valence-corrected chi connectivity index (χ4v) is 2.31. The molecule has 0 aliphatic rings. The number of rotatable bonds is 13. The zero-order valence-corrected chi connectivity index (χ0v) is 14.2. The lowest BCUT2D eigenvalue weighted by Crippen LogP contribution is -2.45.